The summed E-state index contributed by atoms with van der Waals surface area (Å²) in [5, 5.41) is 5.49. The highest BCUT2D eigenvalue weighted by Gasteiger charge is 2.15. The van der Waals surface area contributed by atoms with Crippen molar-refractivity contribution in [3.8, 4) is 5.75 Å². The van der Waals surface area contributed by atoms with Crippen molar-refractivity contribution in [1.29, 1.82) is 0 Å². The molecule has 25 heavy (non-hydrogen) atoms. The minimum Gasteiger partial charge on any atom is -0.481 e. The molecular weight excluding hydrogens is 320 g/mol. The first kappa shape index (κ1) is 18.5. The maximum Gasteiger partial charge on any atom is 0.265 e. The molecule has 2 amide bonds. The number of rotatable bonds is 8. The van der Waals surface area contributed by atoms with E-state index in [1.54, 1.807) is 50.4 Å². The van der Waals surface area contributed by atoms with E-state index in [9.17, 15) is 9.59 Å². The predicted molar refractivity (Wildman–Crippen MR) is 95.8 cm³/mol. The molecule has 1 unspecified atom stereocenters. The number of carbonyl (C=O) groups is 2. The van der Waals surface area contributed by atoms with Crippen molar-refractivity contribution < 1.29 is 19.1 Å². The monoisotopic (exact) mass is 342 g/mol. The van der Waals surface area contributed by atoms with Crippen LogP contribution in [0, 0.1) is 0 Å². The minimum absolute atomic E-state index is 0.221. The van der Waals surface area contributed by atoms with Crippen LogP contribution in [-0.2, 0) is 9.53 Å². The highest BCUT2D eigenvalue weighted by atomic mass is 16.5. The first-order valence-corrected chi connectivity index (χ1v) is 8.00. The van der Waals surface area contributed by atoms with Crippen LogP contribution < -0.4 is 15.4 Å². The number of ether oxygens (including phenoxy) is 2. The number of benzene rings is 2. The molecule has 132 valence electrons. The lowest BCUT2D eigenvalue weighted by molar-refractivity contribution is -0.122. The second-order valence-corrected chi connectivity index (χ2v) is 5.39. The highest BCUT2D eigenvalue weighted by molar-refractivity contribution is 5.98. The lowest BCUT2D eigenvalue weighted by atomic mass is 10.2. The number of para-hydroxylation sites is 1. The van der Waals surface area contributed by atoms with Crippen LogP contribution in [0.25, 0.3) is 0 Å². The molecule has 0 aliphatic heterocycles. The van der Waals surface area contributed by atoms with E-state index in [4.69, 9.17) is 9.47 Å². The molecule has 0 saturated heterocycles. The number of methoxy groups -OCH3 is 1. The van der Waals surface area contributed by atoms with E-state index in [-0.39, 0.29) is 11.8 Å². The minimum atomic E-state index is -0.665. The van der Waals surface area contributed by atoms with Crippen LogP contribution in [0.2, 0.25) is 0 Å². The van der Waals surface area contributed by atoms with Crippen molar-refractivity contribution in [2.45, 2.75) is 13.0 Å². The van der Waals surface area contributed by atoms with Gasteiger partial charge in [-0.1, -0.05) is 24.3 Å². The van der Waals surface area contributed by atoms with Gasteiger partial charge in [-0.3, -0.25) is 9.59 Å². The van der Waals surface area contributed by atoms with Crippen molar-refractivity contribution in [3.05, 3.63) is 60.2 Å². The zero-order chi connectivity index (χ0) is 18.1. The molecule has 2 rings (SSSR count). The maximum atomic E-state index is 12.3. The van der Waals surface area contributed by atoms with Crippen LogP contribution >= 0.6 is 0 Å². The van der Waals surface area contributed by atoms with E-state index >= 15 is 0 Å². The van der Waals surface area contributed by atoms with Gasteiger partial charge >= 0.3 is 0 Å². The summed E-state index contributed by atoms with van der Waals surface area (Å²) in [6.45, 7) is 2.54. The van der Waals surface area contributed by atoms with E-state index in [0.29, 0.717) is 30.2 Å². The van der Waals surface area contributed by atoms with Gasteiger partial charge in [0, 0.05) is 24.9 Å². The van der Waals surface area contributed by atoms with Gasteiger partial charge in [0.05, 0.1) is 6.61 Å². The van der Waals surface area contributed by atoms with Crippen molar-refractivity contribution in [2.75, 3.05) is 25.6 Å². The molecule has 0 radical (unpaired) electrons. The summed E-state index contributed by atoms with van der Waals surface area (Å²) in [7, 11) is 1.57. The van der Waals surface area contributed by atoms with Crippen LogP contribution in [0.15, 0.2) is 54.6 Å². The largest absolute Gasteiger partial charge is 0.481 e. The Labute approximate surface area is 147 Å². The van der Waals surface area contributed by atoms with E-state index in [0.717, 1.165) is 0 Å². The SMILES string of the molecule is COCCNC(=O)c1cccc(NC(=O)C(C)Oc2ccccc2)c1. The van der Waals surface area contributed by atoms with Crippen molar-refractivity contribution in [3.63, 3.8) is 0 Å². The Bertz CT molecular complexity index is 704. The number of hydrogen-bond acceptors (Lipinski definition) is 4. The normalized spacial score (nSPS) is 11.4. The number of anilines is 1. The molecule has 2 aromatic carbocycles. The summed E-state index contributed by atoms with van der Waals surface area (Å²) in [4.78, 5) is 24.3. The maximum absolute atomic E-state index is 12.3. The molecule has 0 heterocycles. The third kappa shape index (κ3) is 5.93. The average molecular weight is 342 g/mol. The van der Waals surface area contributed by atoms with Gasteiger partial charge in [0.25, 0.3) is 11.8 Å². The van der Waals surface area contributed by atoms with Crippen LogP contribution in [0.5, 0.6) is 5.75 Å². The standard InChI is InChI=1S/C19H22N2O4/c1-14(25-17-9-4-3-5-10-17)18(22)21-16-8-6-7-15(13-16)19(23)20-11-12-24-2/h3-10,13-14H,11-12H2,1-2H3,(H,20,23)(H,21,22). The summed E-state index contributed by atoms with van der Waals surface area (Å²) >= 11 is 0. The fourth-order valence-corrected chi connectivity index (χ4v) is 2.11. The summed E-state index contributed by atoms with van der Waals surface area (Å²) in [5.74, 6) is 0.110. The number of hydrogen-bond donors (Lipinski definition) is 2. The Balaban J connectivity index is 1.94. The molecule has 0 aromatic heterocycles. The third-order valence-corrected chi connectivity index (χ3v) is 3.41. The van der Waals surface area contributed by atoms with Gasteiger partial charge in [-0.2, -0.15) is 0 Å². The molecule has 0 saturated carbocycles. The number of carbonyl (C=O) groups excluding carboxylic acids is 2. The highest BCUT2D eigenvalue weighted by Crippen LogP contribution is 2.14. The van der Waals surface area contributed by atoms with Crippen LogP contribution in [-0.4, -0.2) is 38.2 Å². The topological polar surface area (TPSA) is 76.7 Å². The average Bonchev–Trinajstić information content (AvgIpc) is 2.63. The van der Waals surface area contributed by atoms with E-state index in [1.807, 2.05) is 18.2 Å². The first-order valence-electron chi connectivity index (χ1n) is 8.00. The van der Waals surface area contributed by atoms with E-state index in [1.165, 1.54) is 0 Å². The molecule has 6 nitrogen and oxygen atoms in total. The predicted octanol–water partition coefficient (Wildman–Crippen LogP) is 2.47. The molecule has 6 heteroatoms. The lowest BCUT2D eigenvalue weighted by Crippen LogP contribution is -2.30. The molecule has 0 bridgehead atoms. The molecule has 1 atom stereocenters. The molecule has 2 N–H and O–H groups in total. The fourth-order valence-electron chi connectivity index (χ4n) is 2.11. The fraction of sp³-hybridized carbons (Fsp3) is 0.263. The Kier molecular flexibility index (Phi) is 6.98. The van der Waals surface area contributed by atoms with Crippen molar-refractivity contribution >= 4 is 17.5 Å². The van der Waals surface area contributed by atoms with Gasteiger partial charge in [0.1, 0.15) is 5.75 Å². The second kappa shape index (κ2) is 9.44. The zero-order valence-electron chi connectivity index (χ0n) is 14.3. The summed E-state index contributed by atoms with van der Waals surface area (Å²) in [6.07, 6.45) is -0.665. The van der Waals surface area contributed by atoms with Crippen LogP contribution in [0.3, 0.4) is 0 Å². The van der Waals surface area contributed by atoms with Gasteiger partial charge in [-0.15, -0.1) is 0 Å². The van der Waals surface area contributed by atoms with E-state index < -0.39 is 6.10 Å². The third-order valence-electron chi connectivity index (χ3n) is 3.41. The second-order valence-electron chi connectivity index (χ2n) is 5.39. The lowest BCUT2D eigenvalue weighted by Gasteiger charge is -2.15. The number of nitrogens with one attached hydrogen (secondary N) is 2. The van der Waals surface area contributed by atoms with E-state index in [2.05, 4.69) is 10.6 Å². The summed E-state index contributed by atoms with van der Waals surface area (Å²) < 4.78 is 10.5. The Hall–Kier alpha value is -2.86. The van der Waals surface area contributed by atoms with Gasteiger partial charge in [0.15, 0.2) is 6.10 Å². The molecule has 2 aromatic rings. The smallest absolute Gasteiger partial charge is 0.265 e. The van der Waals surface area contributed by atoms with Crippen molar-refractivity contribution in [2.24, 2.45) is 0 Å². The Morgan fingerprint density at radius 3 is 2.56 bits per heavy atom. The zero-order valence-corrected chi connectivity index (χ0v) is 14.3. The summed E-state index contributed by atoms with van der Waals surface area (Å²) in [6, 6.07) is 15.9. The molecule has 0 fully saturated rings. The molecule has 0 aliphatic rings. The Morgan fingerprint density at radius 2 is 1.84 bits per heavy atom. The van der Waals surface area contributed by atoms with Gasteiger partial charge in [0.2, 0.25) is 0 Å². The van der Waals surface area contributed by atoms with Gasteiger partial charge in [-0.25, -0.2) is 0 Å². The summed E-state index contributed by atoms with van der Waals surface area (Å²) in [5.41, 5.74) is 0.999. The van der Waals surface area contributed by atoms with Crippen molar-refractivity contribution in [1.82, 2.24) is 5.32 Å². The molecule has 0 spiro atoms. The molecular formula is C19H22N2O4. The Morgan fingerprint density at radius 1 is 1.08 bits per heavy atom. The quantitative estimate of drug-likeness (QED) is 0.723. The molecule has 0 aliphatic carbocycles. The number of amides is 2. The first-order chi connectivity index (χ1) is 12.1. The van der Waals surface area contributed by atoms with Gasteiger partial charge in [-0.05, 0) is 37.3 Å². The van der Waals surface area contributed by atoms with Gasteiger partial charge < -0.3 is 20.1 Å². The van der Waals surface area contributed by atoms with Crippen LogP contribution in [0.1, 0.15) is 17.3 Å². The van der Waals surface area contributed by atoms with Crippen LogP contribution in [0.4, 0.5) is 5.69 Å².